The number of benzene rings is 2. The third-order valence-electron chi connectivity index (χ3n) is 3.93. The summed E-state index contributed by atoms with van der Waals surface area (Å²) in [4.78, 5) is 0. The largest absolute Gasteiger partial charge is 0.454 e. The van der Waals surface area contributed by atoms with E-state index >= 15 is 0 Å². The number of aromatic amines is 1. The predicted octanol–water partition coefficient (Wildman–Crippen LogP) is 3.23. The Morgan fingerprint density at radius 1 is 1.04 bits per heavy atom. The number of nitrogens with zero attached hydrogens (tertiary/aromatic N) is 1. The summed E-state index contributed by atoms with van der Waals surface area (Å²) >= 11 is 0. The Morgan fingerprint density at radius 2 is 1.88 bits per heavy atom. The fourth-order valence-corrected chi connectivity index (χ4v) is 2.70. The van der Waals surface area contributed by atoms with Crippen molar-refractivity contribution >= 4 is 0 Å². The van der Waals surface area contributed by atoms with E-state index in [0.717, 1.165) is 33.9 Å². The number of aromatic nitrogens is 2. The van der Waals surface area contributed by atoms with E-state index < -0.39 is 0 Å². The first-order valence-corrected chi connectivity index (χ1v) is 7.67. The van der Waals surface area contributed by atoms with Crippen LogP contribution in [0, 0.1) is 5.82 Å². The number of hydrogen-bond acceptors (Lipinski definition) is 4. The second-order valence-electron chi connectivity index (χ2n) is 5.57. The van der Waals surface area contributed by atoms with Gasteiger partial charge in [0.25, 0.3) is 0 Å². The maximum absolute atomic E-state index is 13.1. The normalized spacial score (nSPS) is 12.5. The van der Waals surface area contributed by atoms with Gasteiger partial charge in [0, 0.05) is 24.2 Å². The highest BCUT2D eigenvalue weighted by Gasteiger charge is 2.13. The first kappa shape index (κ1) is 14.7. The van der Waals surface area contributed by atoms with Gasteiger partial charge in [-0.15, -0.1) is 0 Å². The van der Waals surface area contributed by atoms with E-state index in [2.05, 4.69) is 15.5 Å². The van der Waals surface area contributed by atoms with E-state index in [-0.39, 0.29) is 12.6 Å². The molecule has 24 heavy (non-hydrogen) atoms. The molecule has 5 nitrogen and oxygen atoms in total. The fraction of sp³-hybridized carbons (Fsp3) is 0.167. The van der Waals surface area contributed by atoms with Gasteiger partial charge in [-0.1, -0.05) is 6.07 Å². The summed E-state index contributed by atoms with van der Waals surface area (Å²) in [6.45, 7) is 1.63. The van der Waals surface area contributed by atoms with Crippen molar-refractivity contribution in [3.63, 3.8) is 0 Å². The molecule has 2 aromatic carbocycles. The molecule has 6 heteroatoms. The highest BCUT2D eigenvalue weighted by Crippen LogP contribution is 2.32. The van der Waals surface area contributed by atoms with Crippen molar-refractivity contribution in [2.45, 2.75) is 13.1 Å². The van der Waals surface area contributed by atoms with Crippen LogP contribution in [0.4, 0.5) is 4.39 Å². The molecular weight excluding hydrogens is 309 g/mol. The van der Waals surface area contributed by atoms with Crippen LogP contribution in [-0.2, 0) is 13.1 Å². The van der Waals surface area contributed by atoms with Crippen LogP contribution in [0.5, 0.6) is 11.5 Å². The molecule has 1 aliphatic rings. The molecule has 0 amide bonds. The molecule has 0 atom stereocenters. The number of fused-ring (bicyclic) bond motifs is 1. The van der Waals surface area contributed by atoms with Crippen molar-refractivity contribution in [3.8, 4) is 22.8 Å². The number of H-pyrrole nitrogens is 1. The molecule has 0 unspecified atom stereocenters. The van der Waals surface area contributed by atoms with Crippen LogP contribution >= 0.6 is 0 Å². The Balaban J connectivity index is 1.42. The van der Waals surface area contributed by atoms with Crippen molar-refractivity contribution in [1.29, 1.82) is 0 Å². The molecule has 0 bridgehead atoms. The zero-order valence-corrected chi connectivity index (χ0v) is 12.9. The van der Waals surface area contributed by atoms with Gasteiger partial charge in [0.2, 0.25) is 6.79 Å². The van der Waals surface area contributed by atoms with E-state index in [4.69, 9.17) is 9.47 Å². The SMILES string of the molecule is Fc1ccc(-c2[nH]ncc2CNCc2ccc3c(c2)OCO3)cc1. The minimum atomic E-state index is -0.249. The average molecular weight is 325 g/mol. The van der Waals surface area contributed by atoms with Crippen LogP contribution in [0.1, 0.15) is 11.1 Å². The molecule has 4 rings (SSSR count). The Kier molecular flexibility index (Phi) is 3.88. The summed E-state index contributed by atoms with van der Waals surface area (Å²) in [5.74, 6) is 1.32. The lowest BCUT2D eigenvalue weighted by Crippen LogP contribution is -2.12. The Bertz CT molecular complexity index is 846. The van der Waals surface area contributed by atoms with Crippen LogP contribution in [0.25, 0.3) is 11.3 Å². The van der Waals surface area contributed by atoms with E-state index in [9.17, 15) is 4.39 Å². The maximum atomic E-state index is 13.1. The monoisotopic (exact) mass is 325 g/mol. The number of rotatable bonds is 5. The van der Waals surface area contributed by atoms with E-state index in [1.165, 1.54) is 12.1 Å². The number of ether oxygens (including phenoxy) is 2. The molecule has 2 N–H and O–H groups in total. The van der Waals surface area contributed by atoms with Crippen LogP contribution < -0.4 is 14.8 Å². The lowest BCUT2D eigenvalue weighted by Gasteiger charge is -2.07. The lowest BCUT2D eigenvalue weighted by molar-refractivity contribution is 0.174. The molecule has 0 saturated carbocycles. The number of hydrogen-bond donors (Lipinski definition) is 2. The topological polar surface area (TPSA) is 59.2 Å². The molecule has 2 heterocycles. The first-order valence-electron chi connectivity index (χ1n) is 7.67. The van der Waals surface area contributed by atoms with Gasteiger partial charge < -0.3 is 14.8 Å². The van der Waals surface area contributed by atoms with Crippen LogP contribution in [0.3, 0.4) is 0 Å². The Morgan fingerprint density at radius 3 is 2.75 bits per heavy atom. The molecule has 0 saturated heterocycles. The fourth-order valence-electron chi connectivity index (χ4n) is 2.70. The van der Waals surface area contributed by atoms with Crippen LogP contribution in [0.15, 0.2) is 48.7 Å². The molecular formula is C18H16FN3O2. The summed E-state index contributed by atoms with van der Waals surface area (Å²) < 4.78 is 23.7. The summed E-state index contributed by atoms with van der Waals surface area (Å²) in [5, 5.41) is 10.5. The Labute approximate surface area is 138 Å². The van der Waals surface area contributed by atoms with Gasteiger partial charge in [0.15, 0.2) is 11.5 Å². The second-order valence-corrected chi connectivity index (χ2v) is 5.57. The molecule has 3 aromatic rings. The zero-order chi connectivity index (χ0) is 16.4. The molecule has 1 aromatic heterocycles. The molecule has 0 radical (unpaired) electrons. The second kappa shape index (κ2) is 6.33. The summed E-state index contributed by atoms with van der Waals surface area (Å²) in [6.07, 6.45) is 1.78. The van der Waals surface area contributed by atoms with Crippen molar-refractivity contribution in [1.82, 2.24) is 15.5 Å². The molecule has 0 fully saturated rings. The molecule has 0 spiro atoms. The van der Waals surface area contributed by atoms with Gasteiger partial charge in [-0.2, -0.15) is 5.10 Å². The van der Waals surface area contributed by atoms with Gasteiger partial charge in [-0.05, 0) is 42.0 Å². The third kappa shape index (κ3) is 2.96. The molecule has 1 aliphatic heterocycles. The van der Waals surface area contributed by atoms with Crippen LogP contribution in [-0.4, -0.2) is 17.0 Å². The van der Waals surface area contributed by atoms with E-state index in [0.29, 0.717) is 13.1 Å². The van der Waals surface area contributed by atoms with Gasteiger partial charge in [-0.25, -0.2) is 4.39 Å². The minimum Gasteiger partial charge on any atom is -0.454 e. The highest BCUT2D eigenvalue weighted by atomic mass is 19.1. The lowest BCUT2D eigenvalue weighted by atomic mass is 10.1. The van der Waals surface area contributed by atoms with Crippen molar-refractivity contribution in [2.24, 2.45) is 0 Å². The standard InChI is InChI=1S/C18H16FN3O2/c19-15-4-2-13(3-5-15)18-14(10-21-22-18)9-20-8-12-1-6-16-17(7-12)24-11-23-16/h1-7,10,20H,8-9,11H2,(H,21,22). The van der Waals surface area contributed by atoms with Crippen LogP contribution in [0.2, 0.25) is 0 Å². The zero-order valence-electron chi connectivity index (χ0n) is 12.9. The number of nitrogens with one attached hydrogen (secondary N) is 2. The van der Waals surface area contributed by atoms with Gasteiger partial charge in [0.1, 0.15) is 5.82 Å². The first-order chi connectivity index (χ1) is 11.8. The van der Waals surface area contributed by atoms with Gasteiger partial charge in [-0.3, -0.25) is 5.10 Å². The molecule has 122 valence electrons. The minimum absolute atomic E-state index is 0.249. The summed E-state index contributed by atoms with van der Waals surface area (Å²) in [7, 11) is 0. The van der Waals surface area contributed by atoms with Crippen molar-refractivity contribution < 1.29 is 13.9 Å². The van der Waals surface area contributed by atoms with E-state index in [1.54, 1.807) is 18.3 Å². The average Bonchev–Trinajstić information content (AvgIpc) is 3.24. The van der Waals surface area contributed by atoms with Gasteiger partial charge in [0.05, 0.1) is 11.9 Å². The highest BCUT2D eigenvalue weighted by molar-refractivity contribution is 5.62. The third-order valence-corrected chi connectivity index (χ3v) is 3.93. The molecule has 0 aliphatic carbocycles. The van der Waals surface area contributed by atoms with Crippen molar-refractivity contribution in [2.75, 3.05) is 6.79 Å². The summed E-state index contributed by atoms with van der Waals surface area (Å²) in [6, 6.07) is 12.3. The Hall–Kier alpha value is -2.86. The quantitative estimate of drug-likeness (QED) is 0.756. The van der Waals surface area contributed by atoms with Crippen molar-refractivity contribution in [3.05, 3.63) is 65.6 Å². The van der Waals surface area contributed by atoms with E-state index in [1.807, 2.05) is 18.2 Å². The predicted molar refractivity (Wildman–Crippen MR) is 87.1 cm³/mol. The summed E-state index contributed by atoms with van der Waals surface area (Å²) in [5.41, 5.74) is 3.95. The number of halogens is 1. The maximum Gasteiger partial charge on any atom is 0.231 e. The van der Waals surface area contributed by atoms with Gasteiger partial charge >= 0.3 is 0 Å². The smallest absolute Gasteiger partial charge is 0.231 e.